The lowest BCUT2D eigenvalue weighted by atomic mass is 10.3. The third kappa shape index (κ3) is 1.08. The van der Waals surface area contributed by atoms with Crippen molar-refractivity contribution >= 4 is 16.9 Å². The van der Waals surface area contributed by atoms with Crippen LogP contribution in [0.5, 0.6) is 0 Å². The van der Waals surface area contributed by atoms with Crippen LogP contribution in [0.1, 0.15) is 0 Å². The van der Waals surface area contributed by atoms with Gasteiger partial charge in [0.2, 0.25) is 0 Å². The zero-order valence-corrected chi connectivity index (χ0v) is 7.75. The van der Waals surface area contributed by atoms with E-state index in [2.05, 4.69) is 20.5 Å². The lowest BCUT2D eigenvalue weighted by Crippen LogP contribution is -1.99. The standard InChI is InChI=1S/C9H8N6/c10-9-8(5-11-13-9)15-7-4-2-1-3-6(7)12-14-15/h1-5H,(H3,10,11,13). The number of nitrogens with one attached hydrogen (secondary N) is 1. The summed E-state index contributed by atoms with van der Waals surface area (Å²) in [6.07, 6.45) is 1.62. The molecule has 15 heavy (non-hydrogen) atoms. The van der Waals surface area contributed by atoms with E-state index in [-0.39, 0.29) is 0 Å². The van der Waals surface area contributed by atoms with Crippen molar-refractivity contribution in [1.82, 2.24) is 25.2 Å². The first-order valence-corrected chi connectivity index (χ1v) is 4.46. The summed E-state index contributed by atoms with van der Waals surface area (Å²) in [5.41, 5.74) is 8.17. The van der Waals surface area contributed by atoms with Crippen LogP contribution in [0, 0.1) is 0 Å². The summed E-state index contributed by atoms with van der Waals surface area (Å²) in [6, 6.07) is 7.68. The predicted octanol–water partition coefficient (Wildman–Crippen LogP) is 0.726. The minimum Gasteiger partial charge on any atom is -0.382 e. The van der Waals surface area contributed by atoms with Gasteiger partial charge in [-0.1, -0.05) is 17.3 Å². The lowest BCUT2D eigenvalue weighted by Gasteiger charge is -1.98. The van der Waals surface area contributed by atoms with Crippen LogP contribution < -0.4 is 5.73 Å². The molecular weight excluding hydrogens is 192 g/mol. The highest BCUT2D eigenvalue weighted by Crippen LogP contribution is 2.18. The van der Waals surface area contributed by atoms with Crippen molar-refractivity contribution in [3.63, 3.8) is 0 Å². The Bertz CT molecular complexity index is 608. The van der Waals surface area contributed by atoms with E-state index in [0.29, 0.717) is 11.5 Å². The van der Waals surface area contributed by atoms with Crippen molar-refractivity contribution in [2.75, 3.05) is 5.73 Å². The molecule has 0 atom stereocenters. The van der Waals surface area contributed by atoms with Crippen LogP contribution in [0.15, 0.2) is 30.5 Å². The van der Waals surface area contributed by atoms with Gasteiger partial charge in [0, 0.05) is 0 Å². The maximum absolute atomic E-state index is 5.72. The molecule has 0 aliphatic carbocycles. The Morgan fingerprint density at radius 3 is 2.93 bits per heavy atom. The summed E-state index contributed by atoms with van der Waals surface area (Å²) < 4.78 is 1.66. The van der Waals surface area contributed by atoms with Crippen molar-refractivity contribution in [2.45, 2.75) is 0 Å². The normalized spacial score (nSPS) is 10.9. The Morgan fingerprint density at radius 1 is 1.27 bits per heavy atom. The number of hydrogen-bond donors (Lipinski definition) is 2. The molecule has 0 fully saturated rings. The number of aromatic amines is 1. The number of H-pyrrole nitrogens is 1. The highest BCUT2D eigenvalue weighted by Gasteiger charge is 2.09. The summed E-state index contributed by atoms with van der Waals surface area (Å²) in [6.45, 7) is 0. The van der Waals surface area contributed by atoms with E-state index in [1.54, 1.807) is 10.9 Å². The molecule has 74 valence electrons. The van der Waals surface area contributed by atoms with Gasteiger partial charge in [0.1, 0.15) is 17.0 Å². The number of nitrogen functional groups attached to an aromatic ring is 1. The van der Waals surface area contributed by atoms with E-state index in [0.717, 1.165) is 11.0 Å². The van der Waals surface area contributed by atoms with E-state index in [9.17, 15) is 0 Å². The summed E-state index contributed by atoms with van der Waals surface area (Å²) >= 11 is 0. The number of benzene rings is 1. The summed E-state index contributed by atoms with van der Waals surface area (Å²) in [5, 5.41) is 14.6. The third-order valence-corrected chi connectivity index (χ3v) is 2.23. The van der Waals surface area contributed by atoms with Gasteiger partial charge in [0.05, 0.1) is 11.7 Å². The molecule has 3 aromatic rings. The third-order valence-electron chi connectivity index (χ3n) is 2.23. The largest absolute Gasteiger partial charge is 0.382 e. The quantitative estimate of drug-likeness (QED) is 0.606. The van der Waals surface area contributed by atoms with Crippen LogP contribution in [0.25, 0.3) is 16.7 Å². The van der Waals surface area contributed by atoms with Crippen LogP contribution in [-0.2, 0) is 0 Å². The molecule has 0 aliphatic heterocycles. The van der Waals surface area contributed by atoms with Gasteiger partial charge in [-0.25, -0.2) is 4.68 Å². The van der Waals surface area contributed by atoms with Crippen LogP contribution in [0.2, 0.25) is 0 Å². The molecule has 1 aromatic carbocycles. The maximum atomic E-state index is 5.72. The zero-order chi connectivity index (χ0) is 10.3. The Labute approximate surface area is 84.7 Å². The van der Waals surface area contributed by atoms with Gasteiger partial charge in [-0.3, -0.25) is 5.10 Å². The minimum absolute atomic E-state index is 0.477. The number of fused-ring (bicyclic) bond motifs is 1. The van der Waals surface area contributed by atoms with Crippen molar-refractivity contribution < 1.29 is 0 Å². The van der Waals surface area contributed by atoms with E-state index >= 15 is 0 Å². The molecule has 0 aliphatic rings. The van der Waals surface area contributed by atoms with Crippen molar-refractivity contribution in [1.29, 1.82) is 0 Å². The number of rotatable bonds is 1. The molecule has 0 spiro atoms. The van der Waals surface area contributed by atoms with Gasteiger partial charge in [0.25, 0.3) is 0 Å². The van der Waals surface area contributed by atoms with E-state index in [1.807, 2.05) is 24.3 Å². The fourth-order valence-electron chi connectivity index (χ4n) is 1.51. The Hall–Kier alpha value is -2.37. The average molecular weight is 200 g/mol. The Balaban J connectivity index is 2.32. The minimum atomic E-state index is 0.477. The number of para-hydroxylation sites is 1. The molecular formula is C9H8N6. The zero-order valence-electron chi connectivity index (χ0n) is 7.75. The summed E-state index contributed by atoms with van der Waals surface area (Å²) in [4.78, 5) is 0. The number of hydrogen-bond acceptors (Lipinski definition) is 4. The van der Waals surface area contributed by atoms with Crippen molar-refractivity contribution in [3.8, 4) is 5.69 Å². The summed E-state index contributed by atoms with van der Waals surface area (Å²) in [7, 11) is 0. The molecule has 2 aromatic heterocycles. The molecule has 0 unspecified atom stereocenters. The van der Waals surface area contributed by atoms with E-state index in [4.69, 9.17) is 5.73 Å². The van der Waals surface area contributed by atoms with Crippen LogP contribution in [-0.4, -0.2) is 25.2 Å². The second kappa shape index (κ2) is 2.81. The van der Waals surface area contributed by atoms with Gasteiger partial charge in [-0.2, -0.15) is 5.10 Å². The second-order valence-electron chi connectivity index (χ2n) is 3.16. The molecule has 6 heteroatoms. The monoisotopic (exact) mass is 200 g/mol. The molecule has 2 heterocycles. The molecule has 0 bridgehead atoms. The first kappa shape index (κ1) is 7.98. The number of anilines is 1. The fourth-order valence-corrected chi connectivity index (χ4v) is 1.51. The SMILES string of the molecule is Nc1[nH]ncc1-n1nnc2ccccc21. The highest BCUT2D eigenvalue weighted by atomic mass is 15.4. The van der Waals surface area contributed by atoms with Crippen molar-refractivity contribution in [3.05, 3.63) is 30.5 Å². The van der Waals surface area contributed by atoms with Crippen LogP contribution in [0.4, 0.5) is 5.82 Å². The van der Waals surface area contributed by atoms with E-state index < -0.39 is 0 Å². The van der Waals surface area contributed by atoms with Gasteiger partial charge in [-0.05, 0) is 12.1 Å². The second-order valence-corrected chi connectivity index (χ2v) is 3.16. The average Bonchev–Trinajstić information content (AvgIpc) is 2.83. The lowest BCUT2D eigenvalue weighted by molar-refractivity contribution is 0.826. The summed E-state index contributed by atoms with van der Waals surface area (Å²) in [5.74, 6) is 0.477. The molecule has 3 rings (SSSR count). The predicted molar refractivity (Wildman–Crippen MR) is 55.4 cm³/mol. The van der Waals surface area contributed by atoms with Crippen LogP contribution in [0.3, 0.4) is 0 Å². The van der Waals surface area contributed by atoms with E-state index in [1.165, 1.54) is 0 Å². The van der Waals surface area contributed by atoms with Crippen molar-refractivity contribution in [2.24, 2.45) is 0 Å². The van der Waals surface area contributed by atoms with Gasteiger partial charge in [0.15, 0.2) is 0 Å². The maximum Gasteiger partial charge on any atom is 0.145 e. The fraction of sp³-hybridized carbons (Fsp3) is 0. The molecule has 6 nitrogen and oxygen atoms in total. The molecule has 0 saturated heterocycles. The van der Waals surface area contributed by atoms with Gasteiger partial charge < -0.3 is 5.73 Å². The first-order chi connectivity index (χ1) is 7.36. The highest BCUT2D eigenvalue weighted by molar-refractivity contribution is 5.76. The smallest absolute Gasteiger partial charge is 0.145 e. The topological polar surface area (TPSA) is 85.4 Å². The van der Waals surface area contributed by atoms with Gasteiger partial charge >= 0.3 is 0 Å². The Morgan fingerprint density at radius 2 is 2.13 bits per heavy atom. The van der Waals surface area contributed by atoms with Crippen LogP contribution >= 0.6 is 0 Å². The molecule has 0 amide bonds. The Kier molecular flexibility index (Phi) is 1.49. The number of nitrogens with zero attached hydrogens (tertiary/aromatic N) is 4. The molecule has 3 N–H and O–H groups in total. The molecule has 0 saturated carbocycles. The first-order valence-electron chi connectivity index (χ1n) is 4.46. The number of nitrogens with two attached hydrogens (primary N) is 1. The van der Waals surface area contributed by atoms with Gasteiger partial charge in [-0.15, -0.1) is 5.10 Å². The molecule has 0 radical (unpaired) electrons. The number of aromatic nitrogens is 5.